The predicted molar refractivity (Wildman–Crippen MR) is 264 cm³/mol. The van der Waals surface area contributed by atoms with Crippen molar-refractivity contribution in [3.63, 3.8) is 0 Å². The topological polar surface area (TPSA) is 0 Å². The standard InChI is InChI=1S/C58H28Br2F12/c59-25-43-41(37-11-29(33-17-45(61)55(69)46(62)18-33)9-30(12-37)34-19-47(63)56(70)48(64)20-34)15-27-5-1-3-7-39(27)53(43)54-40-8-4-2-6-28(40)16-42(44(54)26-60)38-13-31(35-21-49(65)57(71)50(66)22-35)10-32(14-38)36-23-51(67)58(72)52(68)24-36/h1-24H,25-26H2. The highest BCUT2D eigenvalue weighted by Gasteiger charge is 2.26. The molecule has 72 heavy (non-hydrogen) atoms. The molecule has 0 amide bonds. The molecule has 0 aliphatic carbocycles. The lowest BCUT2D eigenvalue weighted by atomic mass is 9.81. The number of alkyl halides is 2. The van der Waals surface area contributed by atoms with Gasteiger partial charge >= 0.3 is 0 Å². The minimum atomic E-state index is -1.71. The van der Waals surface area contributed by atoms with Gasteiger partial charge in [-0.1, -0.05) is 80.4 Å². The van der Waals surface area contributed by atoms with E-state index in [9.17, 15) is 52.7 Å². The Morgan fingerprint density at radius 3 is 0.736 bits per heavy atom. The fourth-order valence-electron chi connectivity index (χ4n) is 9.27. The van der Waals surface area contributed by atoms with Gasteiger partial charge in [0.05, 0.1) is 0 Å². The zero-order valence-electron chi connectivity index (χ0n) is 36.6. The van der Waals surface area contributed by atoms with Gasteiger partial charge in [0.25, 0.3) is 0 Å². The summed E-state index contributed by atoms with van der Waals surface area (Å²) < 4.78 is 176. The molecule has 0 saturated carbocycles. The molecule has 0 bridgehead atoms. The third-order valence-electron chi connectivity index (χ3n) is 12.6. The van der Waals surface area contributed by atoms with Gasteiger partial charge in [0.15, 0.2) is 69.8 Å². The number of benzene rings is 10. The van der Waals surface area contributed by atoms with E-state index in [4.69, 9.17) is 0 Å². The summed E-state index contributed by atoms with van der Waals surface area (Å²) in [5.41, 5.74) is 4.19. The van der Waals surface area contributed by atoms with E-state index in [-0.39, 0.29) is 55.2 Å². The van der Waals surface area contributed by atoms with Crippen LogP contribution in [0.3, 0.4) is 0 Å². The first-order valence-corrected chi connectivity index (χ1v) is 23.9. The average Bonchev–Trinajstić information content (AvgIpc) is 3.38. The van der Waals surface area contributed by atoms with Gasteiger partial charge in [-0.2, -0.15) is 0 Å². The van der Waals surface area contributed by atoms with Crippen LogP contribution in [0.25, 0.3) is 99.4 Å². The van der Waals surface area contributed by atoms with Crippen LogP contribution in [0.4, 0.5) is 52.7 Å². The lowest BCUT2D eigenvalue weighted by molar-refractivity contribution is 0.447. The summed E-state index contributed by atoms with van der Waals surface area (Å²) in [4.78, 5) is 0. The third kappa shape index (κ3) is 8.63. The maximum absolute atomic E-state index is 14.9. The van der Waals surface area contributed by atoms with Crippen LogP contribution in [0.5, 0.6) is 0 Å². The number of hydrogen-bond donors (Lipinski definition) is 0. The van der Waals surface area contributed by atoms with Crippen molar-refractivity contribution in [1.82, 2.24) is 0 Å². The number of fused-ring (bicyclic) bond motifs is 2. The van der Waals surface area contributed by atoms with E-state index in [1.54, 1.807) is 36.4 Å². The van der Waals surface area contributed by atoms with Gasteiger partial charge in [-0.05, 0) is 208 Å². The van der Waals surface area contributed by atoms with Gasteiger partial charge in [0, 0.05) is 10.7 Å². The molecular formula is C58H28Br2F12. The maximum atomic E-state index is 14.9. The first kappa shape index (κ1) is 48.5. The molecule has 0 fully saturated rings. The van der Waals surface area contributed by atoms with Gasteiger partial charge in [-0.3, -0.25) is 0 Å². The lowest BCUT2D eigenvalue weighted by Crippen LogP contribution is -2.01. The quantitative estimate of drug-likeness (QED) is 0.0768. The van der Waals surface area contributed by atoms with Crippen LogP contribution in [0.2, 0.25) is 0 Å². The number of rotatable bonds is 9. The highest BCUT2D eigenvalue weighted by molar-refractivity contribution is 9.08. The zero-order chi connectivity index (χ0) is 50.9. The van der Waals surface area contributed by atoms with E-state index in [0.29, 0.717) is 55.3 Å². The molecule has 358 valence electrons. The Morgan fingerprint density at radius 2 is 0.486 bits per heavy atom. The molecule has 14 heteroatoms. The van der Waals surface area contributed by atoms with E-state index in [0.717, 1.165) is 59.3 Å². The van der Waals surface area contributed by atoms with Crippen molar-refractivity contribution in [3.05, 3.63) is 227 Å². The monoisotopic (exact) mass is 1110 g/mol. The second-order valence-electron chi connectivity index (χ2n) is 16.9. The molecular weight excluding hydrogens is 1080 g/mol. The second kappa shape index (κ2) is 19.1. The Balaban J connectivity index is 1.29. The molecule has 10 aromatic carbocycles. The van der Waals surface area contributed by atoms with Gasteiger partial charge in [0.2, 0.25) is 0 Å². The summed E-state index contributed by atoms with van der Waals surface area (Å²) in [6.45, 7) is 0. The molecule has 0 atom stereocenters. The fraction of sp³-hybridized carbons (Fsp3) is 0.0345. The van der Waals surface area contributed by atoms with Crippen LogP contribution in [-0.2, 0) is 10.7 Å². The first-order chi connectivity index (χ1) is 34.5. The van der Waals surface area contributed by atoms with Crippen LogP contribution in [0, 0.1) is 69.8 Å². The summed E-state index contributed by atoms with van der Waals surface area (Å²) >= 11 is 7.46. The van der Waals surface area contributed by atoms with Crippen molar-refractivity contribution < 1.29 is 52.7 Å². The number of halogens is 14. The van der Waals surface area contributed by atoms with Crippen molar-refractivity contribution in [1.29, 1.82) is 0 Å². The molecule has 0 aliphatic heterocycles. The molecule has 0 aromatic heterocycles. The van der Waals surface area contributed by atoms with E-state index < -0.39 is 69.8 Å². The van der Waals surface area contributed by atoms with Crippen LogP contribution >= 0.6 is 31.9 Å². The van der Waals surface area contributed by atoms with Crippen molar-refractivity contribution in [3.8, 4) is 77.9 Å². The molecule has 0 unspecified atom stereocenters. The Kier molecular flexibility index (Phi) is 12.9. The smallest absolute Gasteiger partial charge is 0.194 e. The Morgan fingerprint density at radius 1 is 0.264 bits per heavy atom. The van der Waals surface area contributed by atoms with Crippen LogP contribution in [0.15, 0.2) is 146 Å². The average molecular weight is 1110 g/mol. The zero-order valence-corrected chi connectivity index (χ0v) is 39.7. The van der Waals surface area contributed by atoms with Gasteiger partial charge in [-0.25, -0.2) is 52.7 Å². The molecule has 0 heterocycles. The highest BCUT2D eigenvalue weighted by atomic mass is 79.9. The summed E-state index contributed by atoms with van der Waals surface area (Å²) in [6.07, 6.45) is 0. The van der Waals surface area contributed by atoms with E-state index in [1.807, 2.05) is 48.5 Å². The third-order valence-corrected chi connectivity index (χ3v) is 13.7. The molecule has 10 rings (SSSR count). The van der Waals surface area contributed by atoms with E-state index >= 15 is 0 Å². The minimum absolute atomic E-state index is 0.104. The lowest BCUT2D eigenvalue weighted by Gasteiger charge is -2.24. The normalized spacial score (nSPS) is 11.6. The van der Waals surface area contributed by atoms with Crippen LogP contribution in [-0.4, -0.2) is 0 Å². The largest absolute Gasteiger partial charge is 0.204 e. The van der Waals surface area contributed by atoms with Crippen LogP contribution in [0.1, 0.15) is 11.1 Å². The second-order valence-corrected chi connectivity index (χ2v) is 18.0. The summed E-state index contributed by atoms with van der Waals surface area (Å²) in [5, 5.41) is 3.07. The molecule has 0 spiro atoms. The van der Waals surface area contributed by atoms with Crippen molar-refractivity contribution in [2.75, 3.05) is 0 Å². The maximum Gasteiger partial charge on any atom is 0.194 e. The molecule has 0 N–H and O–H groups in total. The predicted octanol–water partition coefficient (Wildman–Crippen LogP) is 19.1. The fourth-order valence-corrected chi connectivity index (χ4v) is 10.4. The summed E-state index contributed by atoms with van der Waals surface area (Å²) in [6, 6.07) is 33.7. The summed E-state index contributed by atoms with van der Waals surface area (Å²) in [7, 11) is 0. The van der Waals surface area contributed by atoms with Crippen molar-refractivity contribution >= 4 is 53.4 Å². The Labute approximate surface area is 419 Å². The van der Waals surface area contributed by atoms with Gasteiger partial charge in [0.1, 0.15) is 0 Å². The van der Waals surface area contributed by atoms with E-state index in [2.05, 4.69) is 31.9 Å². The van der Waals surface area contributed by atoms with Gasteiger partial charge in [-0.15, -0.1) is 0 Å². The number of hydrogen-bond acceptors (Lipinski definition) is 0. The van der Waals surface area contributed by atoms with Crippen LogP contribution < -0.4 is 0 Å². The Hall–Kier alpha value is -7.16. The Bertz CT molecular complexity index is 3390. The van der Waals surface area contributed by atoms with E-state index in [1.165, 1.54) is 12.1 Å². The molecule has 0 saturated heterocycles. The first-order valence-electron chi connectivity index (χ1n) is 21.7. The summed E-state index contributed by atoms with van der Waals surface area (Å²) in [5.74, 6) is -18.8. The molecule has 10 aromatic rings. The van der Waals surface area contributed by atoms with Crippen molar-refractivity contribution in [2.45, 2.75) is 10.7 Å². The highest BCUT2D eigenvalue weighted by Crippen LogP contribution is 2.49. The van der Waals surface area contributed by atoms with Crippen molar-refractivity contribution in [2.24, 2.45) is 0 Å². The molecule has 0 aliphatic rings. The minimum Gasteiger partial charge on any atom is -0.204 e. The molecule has 0 radical (unpaired) electrons. The molecule has 0 nitrogen and oxygen atoms in total. The van der Waals surface area contributed by atoms with Gasteiger partial charge < -0.3 is 0 Å². The SMILES string of the molecule is Fc1cc(-c2cc(-c3cc(F)c(F)c(F)c3)cc(-c3cc4ccccc4c(-c4c(CBr)c(-c5cc(-c6cc(F)c(F)c(F)c6)cc(-c6cc(F)c(F)c(F)c6)c5)cc5ccccc45)c3CBr)c2)cc(F)c1F.